The van der Waals surface area contributed by atoms with Gasteiger partial charge in [0.1, 0.15) is 5.75 Å². The number of carboxylic acid groups (broad SMARTS) is 1. The Morgan fingerprint density at radius 2 is 1.81 bits per heavy atom. The van der Waals surface area contributed by atoms with E-state index < -0.39 is 11.9 Å². The normalized spacial score (nSPS) is 17.4. The molecule has 0 radical (unpaired) electrons. The van der Waals surface area contributed by atoms with Gasteiger partial charge in [-0.15, -0.1) is 0 Å². The van der Waals surface area contributed by atoms with Crippen molar-refractivity contribution in [3.8, 4) is 5.75 Å². The number of aliphatic carboxylic acids is 1. The largest absolute Gasteiger partial charge is 0.494 e. The third-order valence-electron chi connectivity index (χ3n) is 4.75. The third kappa shape index (κ3) is 4.58. The van der Waals surface area contributed by atoms with Crippen LogP contribution in [0.25, 0.3) is 0 Å². The maximum Gasteiger partial charge on any atom is 0.318 e. The van der Waals surface area contributed by atoms with Gasteiger partial charge in [0, 0.05) is 13.1 Å². The molecule has 2 unspecified atom stereocenters. The minimum absolute atomic E-state index is 0.242. The molecule has 2 amide bonds. The summed E-state index contributed by atoms with van der Waals surface area (Å²) >= 11 is 0. The van der Waals surface area contributed by atoms with Crippen LogP contribution >= 0.6 is 0 Å². The molecule has 2 aromatic carbocycles. The Morgan fingerprint density at radius 1 is 1.15 bits per heavy atom. The first-order valence-electron chi connectivity index (χ1n) is 9.14. The van der Waals surface area contributed by atoms with Gasteiger partial charge in [-0.3, -0.25) is 4.79 Å². The lowest BCUT2D eigenvalue weighted by Crippen LogP contribution is -2.41. The lowest BCUT2D eigenvalue weighted by Gasteiger charge is -2.24. The van der Waals surface area contributed by atoms with Crippen LogP contribution in [0.15, 0.2) is 54.6 Å². The number of hydrogen-bond donors (Lipinski definition) is 2. The van der Waals surface area contributed by atoms with Crippen LogP contribution in [0.2, 0.25) is 0 Å². The lowest BCUT2D eigenvalue weighted by atomic mass is 9.99. The molecule has 142 valence electrons. The summed E-state index contributed by atoms with van der Waals surface area (Å²) in [6.45, 7) is 3.22. The molecule has 0 aromatic heterocycles. The molecule has 0 bridgehead atoms. The van der Waals surface area contributed by atoms with Gasteiger partial charge in [0.15, 0.2) is 0 Å². The van der Waals surface area contributed by atoms with E-state index in [-0.39, 0.29) is 18.6 Å². The van der Waals surface area contributed by atoms with Crippen molar-refractivity contribution in [2.24, 2.45) is 5.92 Å². The number of amides is 2. The van der Waals surface area contributed by atoms with Crippen molar-refractivity contribution in [1.29, 1.82) is 0 Å². The van der Waals surface area contributed by atoms with Crippen LogP contribution in [0, 0.1) is 5.92 Å². The number of nitrogens with zero attached hydrogens (tertiary/aromatic N) is 1. The van der Waals surface area contributed by atoms with Crippen molar-refractivity contribution >= 4 is 12.0 Å². The zero-order valence-electron chi connectivity index (χ0n) is 15.3. The molecule has 6 nitrogen and oxygen atoms in total. The van der Waals surface area contributed by atoms with Gasteiger partial charge in [0.2, 0.25) is 0 Å². The van der Waals surface area contributed by atoms with Crippen LogP contribution in [-0.4, -0.2) is 41.7 Å². The van der Waals surface area contributed by atoms with Gasteiger partial charge in [-0.25, -0.2) is 4.79 Å². The number of hydrogen-bond acceptors (Lipinski definition) is 3. The summed E-state index contributed by atoms with van der Waals surface area (Å²) in [6.07, 6.45) is 0.488. The van der Waals surface area contributed by atoms with Crippen molar-refractivity contribution in [3.63, 3.8) is 0 Å². The van der Waals surface area contributed by atoms with Crippen molar-refractivity contribution in [2.75, 3.05) is 19.7 Å². The molecule has 1 aliphatic rings. The summed E-state index contributed by atoms with van der Waals surface area (Å²) < 4.78 is 5.49. The first-order chi connectivity index (χ1) is 13.1. The van der Waals surface area contributed by atoms with Gasteiger partial charge in [-0.2, -0.15) is 0 Å². The molecule has 1 saturated heterocycles. The summed E-state index contributed by atoms with van der Waals surface area (Å²) in [5.74, 6) is -0.559. The number of rotatable bonds is 6. The Hall–Kier alpha value is -3.02. The maximum atomic E-state index is 12.7. The fraction of sp³-hybridized carbons (Fsp3) is 0.333. The second-order valence-corrected chi connectivity index (χ2v) is 6.57. The van der Waals surface area contributed by atoms with Crippen LogP contribution in [-0.2, 0) is 4.79 Å². The highest BCUT2D eigenvalue weighted by Gasteiger charge is 2.32. The molecule has 2 N–H and O–H groups in total. The van der Waals surface area contributed by atoms with Gasteiger partial charge in [-0.05, 0) is 36.6 Å². The number of carbonyl (C=O) groups excluding carboxylic acids is 1. The monoisotopic (exact) mass is 368 g/mol. The minimum atomic E-state index is -0.851. The van der Waals surface area contributed by atoms with Crippen molar-refractivity contribution < 1.29 is 19.4 Å². The summed E-state index contributed by atoms with van der Waals surface area (Å²) in [6, 6.07) is 16.8. The molecule has 0 aliphatic carbocycles. The number of nitrogens with one attached hydrogen (secondary N) is 1. The fourth-order valence-electron chi connectivity index (χ4n) is 3.29. The molecule has 1 heterocycles. The molecule has 0 saturated carbocycles. The van der Waals surface area contributed by atoms with Crippen molar-refractivity contribution in [1.82, 2.24) is 10.2 Å². The van der Waals surface area contributed by atoms with Crippen LogP contribution in [0.5, 0.6) is 5.75 Å². The predicted molar refractivity (Wildman–Crippen MR) is 102 cm³/mol. The van der Waals surface area contributed by atoms with Crippen molar-refractivity contribution in [3.05, 3.63) is 65.7 Å². The van der Waals surface area contributed by atoms with Gasteiger partial charge in [-0.1, -0.05) is 42.5 Å². The van der Waals surface area contributed by atoms with Crippen LogP contribution in [0.3, 0.4) is 0 Å². The van der Waals surface area contributed by atoms with Gasteiger partial charge < -0.3 is 20.1 Å². The Morgan fingerprint density at radius 3 is 2.41 bits per heavy atom. The quantitative estimate of drug-likeness (QED) is 0.820. The Kier molecular flexibility index (Phi) is 5.96. The van der Waals surface area contributed by atoms with E-state index in [0.29, 0.717) is 19.6 Å². The highest BCUT2D eigenvalue weighted by Crippen LogP contribution is 2.25. The van der Waals surface area contributed by atoms with Gasteiger partial charge in [0.05, 0.1) is 18.6 Å². The van der Waals surface area contributed by atoms with E-state index in [1.54, 1.807) is 4.90 Å². The maximum absolute atomic E-state index is 12.7. The molecule has 2 atom stereocenters. The van der Waals surface area contributed by atoms with Crippen LogP contribution in [0.4, 0.5) is 4.79 Å². The number of likely N-dealkylation sites (tertiary alicyclic amines) is 1. The van der Waals surface area contributed by atoms with E-state index in [1.165, 1.54) is 0 Å². The number of carboxylic acids is 1. The zero-order valence-corrected chi connectivity index (χ0v) is 15.3. The topological polar surface area (TPSA) is 78.9 Å². The lowest BCUT2D eigenvalue weighted by molar-refractivity contribution is -0.141. The highest BCUT2D eigenvalue weighted by atomic mass is 16.5. The predicted octanol–water partition coefficient (Wildman–Crippen LogP) is 3.29. The SMILES string of the molecule is CCOc1ccc(C(NC(=O)N2CCC(C(=O)O)C2)c2ccccc2)cc1. The summed E-state index contributed by atoms with van der Waals surface area (Å²) in [5.41, 5.74) is 1.90. The molecule has 27 heavy (non-hydrogen) atoms. The Bertz CT molecular complexity index is 777. The first kappa shape index (κ1) is 18.8. The average molecular weight is 368 g/mol. The smallest absolute Gasteiger partial charge is 0.318 e. The second-order valence-electron chi connectivity index (χ2n) is 6.57. The standard InChI is InChI=1S/C21H24N2O4/c1-2-27-18-10-8-16(9-11-18)19(15-6-4-3-5-7-15)22-21(26)23-13-12-17(14-23)20(24)25/h3-11,17,19H,2,12-14H2,1H3,(H,22,26)(H,24,25). The molecule has 1 aliphatic heterocycles. The van der Waals surface area contributed by atoms with E-state index in [1.807, 2.05) is 61.5 Å². The van der Waals surface area contributed by atoms with E-state index in [2.05, 4.69) is 5.32 Å². The summed E-state index contributed by atoms with van der Waals surface area (Å²) in [4.78, 5) is 25.5. The highest BCUT2D eigenvalue weighted by molar-refractivity contribution is 5.78. The summed E-state index contributed by atoms with van der Waals surface area (Å²) in [5, 5.41) is 12.2. The third-order valence-corrected chi connectivity index (χ3v) is 4.75. The molecule has 6 heteroatoms. The summed E-state index contributed by atoms with van der Waals surface area (Å²) in [7, 11) is 0. The van der Waals surface area contributed by atoms with Crippen LogP contribution < -0.4 is 10.1 Å². The number of urea groups is 1. The number of ether oxygens (including phenoxy) is 1. The second kappa shape index (κ2) is 8.58. The van der Waals surface area contributed by atoms with Crippen molar-refractivity contribution in [2.45, 2.75) is 19.4 Å². The fourth-order valence-corrected chi connectivity index (χ4v) is 3.29. The molecule has 1 fully saturated rings. The minimum Gasteiger partial charge on any atom is -0.494 e. The average Bonchev–Trinajstić information content (AvgIpc) is 3.18. The molecule has 2 aromatic rings. The molecule has 0 spiro atoms. The number of carbonyl (C=O) groups is 2. The van der Waals surface area contributed by atoms with Crippen LogP contribution in [0.1, 0.15) is 30.5 Å². The Balaban J connectivity index is 1.79. The van der Waals surface area contributed by atoms with E-state index in [9.17, 15) is 9.59 Å². The first-order valence-corrected chi connectivity index (χ1v) is 9.14. The van der Waals surface area contributed by atoms with Gasteiger partial charge >= 0.3 is 12.0 Å². The zero-order chi connectivity index (χ0) is 19.2. The van der Waals surface area contributed by atoms with E-state index in [0.717, 1.165) is 16.9 Å². The van der Waals surface area contributed by atoms with E-state index >= 15 is 0 Å². The van der Waals surface area contributed by atoms with E-state index in [4.69, 9.17) is 9.84 Å². The number of benzene rings is 2. The Labute approximate surface area is 158 Å². The van der Waals surface area contributed by atoms with Gasteiger partial charge in [0.25, 0.3) is 0 Å². The molecule has 3 rings (SSSR count). The molecular formula is C21H24N2O4. The molecular weight excluding hydrogens is 344 g/mol.